The highest BCUT2D eigenvalue weighted by atomic mass is 35.5. The number of amides is 1. The van der Waals surface area contributed by atoms with Gasteiger partial charge in [-0.25, -0.2) is 9.97 Å². The molecule has 2 saturated heterocycles. The Morgan fingerprint density at radius 3 is 2.66 bits per heavy atom. The van der Waals surface area contributed by atoms with Crippen LogP contribution in [0, 0.1) is 11.3 Å². The molecule has 2 aliphatic rings. The molecule has 0 radical (unpaired) electrons. The number of halogens is 1. The number of para-hydroxylation sites is 1. The molecule has 9 heteroatoms. The number of carbonyl (C=O) groups is 1. The second-order valence-electron chi connectivity index (χ2n) is 9.17. The zero-order chi connectivity index (χ0) is 24.4. The molecule has 2 N–H and O–H groups in total. The van der Waals surface area contributed by atoms with E-state index < -0.39 is 5.91 Å². The molecule has 0 saturated carbocycles. The Balaban J connectivity index is 1.24. The lowest BCUT2D eigenvalue weighted by Gasteiger charge is -2.41. The first-order valence-electron chi connectivity index (χ1n) is 11.7. The van der Waals surface area contributed by atoms with Gasteiger partial charge in [0.15, 0.2) is 0 Å². The van der Waals surface area contributed by atoms with E-state index in [0.717, 1.165) is 49.9 Å². The summed E-state index contributed by atoms with van der Waals surface area (Å²) in [5.74, 6) is 0.971. The Labute approximate surface area is 213 Å². The first kappa shape index (κ1) is 23.9. The van der Waals surface area contributed by atoms with Crippen LogP contribution in [-0.2, 0) is 4.74 Å². The lowest BCUT2D eigenvalue weighted by molar-refractivity contribution is 0.102. The Hall–Kier alpha value is -2.81. The van der Waals surface area contributed by atoms with Crippen molar-refractivity contribution in [3.8, 4) is 5.75 Å². The molecule has 2 aliphatic heterocycles. The van der Waals surface area contributed by atoms with Gasteiger partial charge in [0, 0.05) is 30.0 Å². The van der Waals surface area contributed by atoms with E-state index in [2.05, 4.69) is 27.1 Å². The summed E-state index contributed by atoms with van der Waals surface area (Å²) in [5, 5.41) is 13.8. The average molecular weight is 511 g/mol. The van der Waals surface area contributed by atoms with Crippen molar-refractivity contribution in [2.45, 2.75) is 29.7 Å². The molecule has 3 heterocycles. The van der Waals surface area contributed by atoms with E-state index >= 15 is 0 Å². The van der Waals surface area contributed by atoms with Crippen LogP contribution in [0.1, 0.15) is 30.1 Å². The van der Waals surface area contributed by atoms with Crippen molar-refractivity contribution in [3.05, 3.63) is 65.4 Å². The third-order valence-corrected chi connectivity index (χ3v) is 8.57. The molecule has 182 valence electrons. The lowest BCUT2D eigenvalue weighted by Crippen LogP contribution is -2.43. The highest BCUT2D eigenvalue weighted by molar-refractivity contribution is 7.99. The predicted molar refractivity (Wildman–Crippen MR) is 138 cm³/mol. The van der Waals surface area contributed by atoms with Gasteiger partial charge in [0.05, 0.1) is 35.3 Å². The van der Waals surface area contributed by atoms with E-state index in [1.165, 1.54) is 17.8 Å². The summed E-state index contributed by atoms with van der Waals surface area (Å²) in [5.41, 5.74) is 0.958. The van der Waals surface area contributed by atoms with E-state index in [1.807, 2.05) is 18.3 Å². The number of phenolic OH excluding ortho intramolecular Hbond substituents is 1. The zero-order valence-electron chi connectivity index (χ0n) is 19.4. The van der Waals surface area contributed by atoms with Crippen molar-refractivity contribution < 1.29 is 14.6 Å². The average Bonchev–Trinajstić information content (AvgIpc) is 3.22. The molecule has 1 amide bonds. The van der Waals surface area contributed by atoms with Gasteiger partial charge in [-0.15, -0.1) is 0 Å². The third-order valence-electron chi connectivity index (χ3n) is 7.08. The van der Waals surface area contributed by atoms with E-state index in [0.29, 0.717) is 27.1 Å². The number of aromatic hydroxyl groups is 1. The van der Waals surface area contributed by atoms with E-state index in [9.17, 15) is 9.90 Å². The van der Waals surface area contributed by atoms with Gasteiger partial charge in [-0.2, -0.15) is 0 Å². The number of aromatic nitrogens is 2. The van der Waals surface area contributed by atoms with Crippen LogP contribution >= 0.6 is 23.4 Å². The van der Waals surface area contributed by atoms with E-state index in [1.54, 1.807) is 30.5 Å². The highest BCUT2D eigenvalue weighted by Crippen LogP contribution is 2.44. The fourth-order valence-electron chi connectivity index (χ4n) is 4.76. The first-order valence-corrected chi connectivity index (χ1v) is 12.9. The lowest BCUT2D eigenvalue weighted by atomic mass is 9.72. The topological polar surface area (TPSA) is 87.6 Å². The minimum absolute atomic E-state index is 0.0861. The van der Waals surface area contributed by atoms with Crippen LogP contribution in [0.2, 0.25) is 5.02 Å². The minimum Gasteiger partial charge on any atom is -0.507 e. The molecule has 2 aromatic carbocycles. The number of anilines is 2. The number of hydrogen-bond acceptors (Lipinski definition) is 7. The number of piperidine rings is 1. The maximum Gasteiger partial charge on any atom is 0.259 e. The van der Waals surface area contributed by atoms with Gasteiger partial charge in [0.1, 0.15) is 16.6 Å². The predicted octanol–water partition coefficient (Wildman–Crippen LogP) is 5.49. The maximum atomic E-state index is 12.6. The largest absolute Gasteiger partial charge is 0.507 e. The number of carbonyl (C=O) groups excluding carboxylic acids is 1. The summed E-state index contributed by atoms with van der Waals surface area (Å²) in [6.07, 6.45) is 5.80. The molecule has 7 nitrogen and oxygen atoms in total. The van der Waals surface area contributed by atoms with Crippen LogP contribution < -0.4 is 10.2 Å². The van der Waals surface area contributed by atoms with Crippen LogP contribution in [0.15, 0.2) is 64.8 Å². The van der Waals surface area contributed by atoms with Crippen molar-refractivity contribution in [2.24, 2.45) is 11.3 Å². The SMILES string of the molecule is C[C@@H]1COCC12CCN(c1cnc(Sc3cccc(NC(=O)c4ccccc4O)c3Cl)cn1)CC2. The smallest absolute Gasteiger partial charge is 0.259 e. The summed E-state index contributed by atoms with van der Waals surface area (Å²) in [6, 6.07) is 11.8. The summed E-state index contributed by atoms with van der Waals surface area (Å²) in [7, 11) is 0. The number of ether oxygens (including phenoxy) is 1. The van der Waals surface area contributed by atoms with Crippen molar-refractivity contribution in [3.63, 3.8) is 0 Å². The molecular weight excluding hydrogens is 484 g/mol. The van der Waals surface area contributed by atoms with Gasteiger partial charge < -0.3 is 20.1 Å². The van der Waals surface area contributed by atoms with Crippen molar-refractivity contribution >= 4 is 40.8 Å². The number of nitrogens with one attached hydrogen (secondary N) is 1. The van der Waals surface area contributed by atoms with Crippen LogP contribution in [0.3, 0.4) is 0 Å². The molecule has 1 aromatic heterocycles. The molecule has 35 heavy (non-hydrogen) atoms. The summed E-state index contributed by atoms with van der Waals surface area (Å²) >= 11 is 7.97. The van der Waals surface area contributed by atoms with Gasteiger partial charge >= 0.3 is 0 Å². The normalized spacial score (nSPS) is 19.1. The first-order chi connectivity index (χ1) is 16.9. The molecule has 0 aliphatic carbocycles. The quantitative estimate of drug-likeness (QED) is 0.469. The van der Waals surface area contributed by atoms with Crippen molar-refractivity contribution in [2.75, 3.05) is 36.5 Å². The van der Waals surface area contributed by atoms with Crippen molar-refractivity contribution in [1.29, 1.82) is 0 Å². The van der Waals surface area contributed by atoms with Gasteiger partial charge in [-0.3, -0.25) is 4.79 Å². The number of hydrogen-bond donors (Lipinski definition) is 2. The summed E-state index contributed by atoms with van der Waals surface area (Å²) < 4.78 is 5.74. The van der Waals surface area contributed by atoms with E-state index in [4.69, 9.17) is 16.3 Å². The number of nitrogens with zero attached hydrogens (tertiary/aromatic N) is 3. The molecule has 0 bridgehead atoms. The van der Waals surface area contributed by atoms with Crippen molar-refractivity contribution in [1.82, 2.24) is 9.97 Å². The monoisotopic (exact) mass is 510 g/mol. The second kappa shape index (κ2) is 10.0. The van der Waals surface area contributed by atoms with Crippen LogP contribution in [0.4, 0.5) is 11.5 Å². The van der Waals surface area contributed by atoms with Crippen LogP contribution in [-0.4, -0.2) is 47.3 Å². The Kier molecular flexibility index (Phi) is 6.86. The number of rotatable bonds is 5. The number of benzene rings is 2. The molecule has 3 aromatic rings. The molecule has 2 fully saturated rings. The van der Waals surface area contributed by atoms with Gasteiger partial charge in [0.2, 0.25) is 0 Å². The van der Waals surface area contributed by atoms with E-state index in [-0.39, 0.29) is 11.3 Å². The fraction of sp³-hybridized carbons (Fsp3) is 0.346. The van der Waals surface area contributed by atoms with Gasteiger partial charge in [-0.05, 0) is 43.0 Å². The van der Waals surface area contributed by atoms with Gasteiger partial charge in [-0.1, -0.05) is 48.5 Å². The zero-order valence-corrected chi connectivity index (χ0v) is 21.0. The summed E-state index contributed by atoms with van der Waals surface area (Å²) in [4.78, 5) is 24.9. The maximum absolute atomic E-state index is 12.6. The Morgan fingerprint density at radius 2 is 1.97 bits per heavy atom. The third kappa shape index (κ3) is 4.96. The highest BCUT2D eigenvalue weighted by Gasteiger charge is 2.43. The molecular formula is C26H27ClN4O3S. The molecule has 5 rings (SSSR count). The molecule has 0 unspecified atom stereocenters. The van der Waals surface area contributed by atoms with Crippen LogP contribution in [0.5, 0.6) is 5.75 Å². The van der Waals surface area contributed by atoms with Gasteiger partial charge in [0.25, 0.3) is 5.91 Å². The Bertz CT molecular complexity index is 1220. The molecule has 1 atom stereocenters. The number of phenols is 1. The molecule has 1 spiro atoms. The summed E-state index contributed by atoms with van der Waals surface area (Å²) in [6.45, 7) is 5.95. The minimum atomic E-state index is -0.432. The Morgan fingerprint density at radius 1 is 1.17 bits per heavy atom. The van der Waals surface area contributed by atoms with Crippen LogP contribution in [0.25, 0.3) is 0 Å². The fourth-order valence-corrected chi connectivity index (χ4v) is 5.83. The second-order valence-corrected chi connectivity index (χ2v) is 10.6. The standard InChI is InChI=1S/C26H27ClN4O3S/c1-17-15-34-16-26(17)9-11-31(12-10-26)22-13-29-23(14-28-22)35-21-8-4-6-19(24(21)27)30-25(33)18-5-2-3-7-20(18)32/h2-8,13-14,17,32H,9-12,15-16H2,1H3,(H,30,33)/t17-/m1/s1.